The van der Waals surface area contributed by atoms with Gasteiger partial charge in [0.1, 0.15) is 0 Å². The maximum absolute atomic E-state index is 12.0. The molecule has 0 amide bonds. The van der Waals surface area contributed by atoms with Gasteiger partial charge in [0.15, 0.2) is 5.65 Å². The Hall–Kier alpha value is -3.65. The Morgan fingerprint density at radius 1 is 1.00 bits per heavy atom. The summed E-state index contributed by atoms with van der Waals surface area (Å²) in [5, 5.41) is 8.49. The van der Waals surface area contributed by atoms with E-state index in [1.165, 1.54) is 34.8 Å². The molecule has 4 aromatic rings. The van der Waals surface area contributed by atoms with Crippen molar-refractivity contribution in [2.75, 3.05) is 0 Å². The highest BCUT2D eigenvalue weighted by Crippen LogP contribution is 2.38. The third-order valence-corrected chi connectivity index (χ3v) is 6.41. The number of hydrogen-bond donors (Lipinski definition) is 1. The molecule has 0 bridgehead atoms. The second-order valence-electron chi connectivity index (χ2n) is 8.14. The predicted molar refractivity (Wildman–Crippen MR) is 114 cm³/mol. The van der Waals surface area contributed by atoms with Gasteiger partial charge >= 0.3 is 5.69 Å². The van der Waals surface area contributed by atoms with Gasteiger partial charge in [-0.05, 0) is 42.5 Å². The van der Waals surface area contributed by atoms with Gasteiger partial charge in [-0.25, -0.2) is 14.3 Å². The van der Waals surface area contributed by atoms with Crippen molar-refractivity contribution >= 4 is 11.7 Å². The lowest BCUT2D eigenvalue weighted by atomic mass is 9.80. The maximum Gasteiger partial charge on any atom is 0.347 e. The number of benzene rings is 1. The van der Waals surface area contributed by atoms with Crippen molar-refractivity contribution in [2.45, 2.75) is 37.1 Å². The smallest absolute Gasteiger partial charge is 0.275 e. The average Bonchev–Trinajstić information content (AvgIpc) is 3.14. The van der Waals surface area contributed by atoms with Gasteiger partial charge in [-0.2, -0.15) is 5.10 Å². The zero-order valence-electron chi connectivity index (χ0n) is 16.4. The summed E-state index contributed by atoms with van der Waals surface area (Å²) in [4.78, 5) is 17.1. The first-order valence-corrected chi connectivity index (χ1v) is 10.4. The first-order chi connectivity index (χ1) is 14.8. The maximum atomic E-state index is 12.0. The molecule has 0 saturated heterocycles. The average molecular weight is 392 g/mol. The molecule has 5 heteroatoms. The molecule has 2 aliphatic rings. The molecule has 0 radical (unpaired) electrons. The van der Waals surface area contributed by atoms with Crippen molar-refractivity contribution in [3.63, 3.8) is 0 Å². The summed E-state index contributed by atoms with van der Waals surface area (Å²) in [5.41, 5.74) is 3.84. The van der Waals surface area contributed by atoms with E-state index in [1.54, 1.807) is 6.20 Å². The zero-order chi connectivity index (χ0) is 20.1. The van der Waals surface area contributed by atoms with Crippen molar-refractivity contribution < 1.29 is 0 Å². The first-order valence-electron chi connectivity index (χ1n) is 10.4. The minimum atomic E-state index is -0.242. The number of nitrogens with one attached hydrogen (secondary N) is 1. The number of pyridine rings is 1. The molecule has 2 aromatic heterocycles. The van der Waals surface area contributed by atoms with Gasteiger partial charge in [0.05, 0.1) is 11.4 Å². The van der Waals surface area contributed by atoms with E-state index in [1.807, 2.05) is 24.3 Å². The fourth-order valence-corrected chi connectivity index (χ4v) is 4.51. The number of H-pyrrole nitrogens is 1. The highest BCUT2D eigenvalue weighted by atomic mass is 16.1. The summed E-state index contributed by atoms with van der Waals surface area (Å²) < 4.78 is 1.53. The molecular weight excluding hydrogens is 372 g/mol. The molecule has 1 saturated carbocycles. The summed E-state index contributed by atoms with van der Waals surface area (Å²) in [6.45, 7) is 0. The van der Waals surface area contributed by atoms with E-state index in [2.05, 4.69) is 52.7 Å². The number of aromatic amines is 1. The molecule has 1 aliphatic carbocycles. The third kappa shape index (κ3) is 2.68. The van der Waals surface area contributed by atoms with Crippen LogP contribution in [0.25, 0.3) is 11.7 Å². The second-order valence-corrected chi connectivity index (χ2v) is 8.14. The SMILES string of the molecule is O=c1[nH]nc2c3c(ccn12)=NC(c1c#cc(C2CCC2)cc1)C(c1ccccc1)C=3. The van der Waals surface area contributed by atoms with Crippen molar-refractivity contribution in [3.8, 4) is 0 Å². The standard InChI is InChI=1S/C25H20N4O/c30-25-28-27-24-21-15-20(18-5-2-1-3-6-18)23(26-22(21)13-14-29(24)25)19-11-9-17(10-12-19)16-7-4-8-16/h1-3,5-6,9,11,13-16,20,23H,4,7-8H2,(H,28,30). The molecule has 1 N–H and O–H groups in total. The molecule has 0 spiro atoms. The van der Waals surface area contributed by atoms with Crippen LogP contribution < -0.4 is 16.3 Å². The van der Waals surface area contributed by atoms with Crippen LogP contribution in [0, 0.1) is 12.1 Å². The lowest BCUT2D eigenvalue weighted by molar-refractivity contribution is 0.420. The van der Waals surface area contributed by atoms with Gasteiger partial charge in [-0.1, -0.05) is 55.0 Å². The molecule has 2 unspecified atom stereocenters. The Kier molecular flexibility index (Phi) is 3.85. The van der Waals surface area contributed by atoms with E-state index in [-0.39, 0.29) is 17.6 Å². The third-order valence-electron chi connectivity index (χ3n) is 6.41. The summed E-state index contributed by atoms with van der Waals surface area (Å²) in [7, 11) is 0. The zero-order valence-corrected chi connectivity index (χ0v) is 16.4. The number of nitrogens with zero attached hydrogens (tertiary/aromatic N) is 3. The number of fused-ring (bicyclic) bond motifs is 3. The number of hydrogen-bond acceptors (Lipinski definition) is 3. The largest absolute Gasteiger partial charge is 0.347 e. The molecule has 1 fully saturated rings. The first kappa shape index (κ1) is 17.2. The molecular formula is C25H20N4O. The van der Waals surface area contributed by atoms with Crippen LogP contribution in [0.15, 0.2) is 64.5 Å². The summed E-state index contributed by atoms with van der Waals surface area (Å²) in [6.07, 6.45) is 7.73. The summed E-state index contributed by atoms with van der Waals surface area (Å²) in [5.74, 6) is 0.665. The van der Waals surface area contributed by atoms with Crippen LogP contribution in [0.2, 0.25) is 0 Å². The van der Waals surface area contributed by atoms with E-state index in [0.29, 0.717) is 11.6 Å². The molecule has 1 aliphatic heterocycles. The predicted octanol–water partition coefficient (Wildman–Crippen LogP) is 2.83. The molecule has 5 nitrogen and oxygen atoms in total. The highest BCUT2D eigenvalue weighted by Gasteiger charge is 2.27. The second kappa shape index (κ2) is 6.70. The highest BCUT2D eigenvalue weighted by molar-refractivity contribution is 5.53. The minimum absolute atomic E-state index is 0.0240. The van der Waals surface area contributed by atoms with Crippen LogP contribution in [0.4, 0.5) is 0 Å². The quantitative estimate of drug-likeness (QED) is 0.583. The fraction of sp³-hybridized carbons (Fsp3) is 0.240. The molecule has 2 aromatic carbocycles. The monoisotopic (exact) mass is 392 g/mol. The van der Waals surface area contributed by atoms with Gasteiger partial charge < -0.3 is 0 Å². The van der Waals surface area contributed by atoms with Crippen LogP contribution in [-0.2, 0) is 0 Å². The van der Waals surface area contributed by atoms with E-state index >= 15 is 0 Å². The van der Waals surface area contributed by atoms with Gasteiger partial charge in [0.25, 0.3) is 0 Å². The van der Waals surface area contributed by atoms with Crippen LogP contribution in [0.1, 0.15) is 53.8 Å². The van der Waals surface area contributed by atoms with Crippen LogP contribution in [0.5, 0.6) is 0 Å². The fourth-order valence-electron chi connectivity index (χ4n) is 4.51. The van der Waals surface area contributed by atoms with E-state index < -0.39 is 0 Å². The molecule has 30 heavy (non-hydrogen) atoms. The van der Waals surface area contributed by atoms with Gasteiger partial charge in [-0.3, -0.25) is 4.99 Å². The van der Waals surface area contributed by atoms with Crippen molar-refractivity contribution in [2.24, 2.45) is 4.99 Å². The van der Waals surface area contributed by atoms with E-state index in [0.717, 1.165) is 16.1 Å². The van der Waals surface area contributed by atoms with E-state index in [4.69, 9.17) is 4.99 Å². The minimum Gasteiger partial charge on any atom is -0.275 e. The molecule has 6 rings (SSSR count). The number of aromatic nitrogens is 3. The lowest BCUT2D eigenvalue weighted by Crippen LogP contribution is -2.34. The Balaban J connectivity index is 1.53. The van der Waals surface area contributed by atoms with Crippen LogP contribution >= 0.6 is 0 Å². The van der Waals surface area contributed by atoms with Crippen molar-refractivity contribution in [1.82, 2.24) is 14.6 Å². The molecule has 2 atom stereocenters. The van der Waals surface area contributed by atoms with Gasteiger partial charge in [0, 0.05) is 28.5 Å². The van der Waals surface area contributed by atoms with E-state index in [9.17, 15) is 4.79 Å². The molecule has 146 valence electrons. The van der Waals surface area contributed by atoms with Gasteiger partial charge in [0.2, 0.25) is 0 Å². The Labute approximate surface area is 173 Å². The summed E-state index contributed by atoms with van der Waals surface area (Å²) in [6, 6.07) is 23.3. The normalized spacial score (nSPS) is 20.5. The van der Waals surface area contributed by atoms with Crippen LogP contribution in [0.3, 0.4) is 0 Å². The Morgan fingerprint density at radius 3 is 2.53 bits per heavy atom. The van der Waals surface area contributed by atoms with Crippen molar-refractivity contribution in [3.05, 3.63) is 105 Å². The number of rotatable bonds is 3. The van der Waals surface area contributed by atoms with Gasteiger partial charge in [-0.15, -0.1) is 0 Å². The molecule has 3 heterocycles. The Morgan fingerprint density at radius 2 is 1.80 bits per heavy atom. The van der Waals surface area contributed by atoms with Crippen molar-refractivity contribution in [1.29, 1.82) is 0 Å². The topological polar surface area (TPSA) is 62.5 Å². The lowest BCUT2D eigenvalue weighted by Gasteiger charge is -2.26. The van der Waals surface area contributed by atoms with Crippen LogP contribution in [-0.4, -0.2) is 14.6 Å². The Bertz CT molecular complexity index is 1400. The summed E-state index contributed by atoms with van der Waals surface area (Å²) >= 11 is 0.